The summed E-state index contributed by atoms with van der Waals surface area (Å²) in [5, 5.41) is 5.57. The first-order valence-electron chi connectivity index (χ1n) is 8.13. The number of anilines is 1. The molecule has 1 aliphatic rings. The zero-order chi connectivity index (χ0) is 17.8. The van der Waals surface area contributed by atoms with Crippen LogP contribution in [0.1, 0.15) is 18.1 Å². The topological polar surface area (TPSA) is 67.4 Å². The van der Waals surface area contributed by atoms with Gasteiger partial charge in [0.05, 0.1) is 12.1 Å². The van der Waals surface area contributed by atoms with E-state index in [0.717, 1.165) is 5.56 Å². The first-order chi connectivity index (χ1) is 12.0. The molecule has 130 valence electrons. The van der Waals surface area contributed by atoms with Gasteiger partial charge in [0.25, 0.3) is 5.91 Å². The summed E-state index contributed by atoms with van der Waals surface area (Å²) in [5.41, 5.74) is 1.98. The van der Waals surface area contributed by atoms with E-state index in [1.54, 1.807) is 25.1 Å². The fraction of sp³-hybridized carbons (Fsp3) is 0.263. The number of hydrogen-bond acceptors (Lipinski definition) is 3. The molecule has 2 aromatic rings. The van der Waals surface area contributed by atoms with Crippen LogP contribution in [-0.2, 0) is 22.4 Å². The van der Waals surface area contributed by atoms with Gasteiger partial charge in [0.1, 0.15) is 11.6 Å². The first-order valence-corrected chi connectivity index (χ1v) is 8.13. The van der Waals surface area contributed by atoms with E-state index < -0.39 is 6.10 Å². The molecule has 0 bridgehead atoms. The van der Waals surface area contributed by atoms with Crippen molar-refractivity contribution in [3.05, 3.63) is 59.4 Å². The molecule has 2 aromatic carbocycles. The summed E-state index contributed by atoms with van der Waals surface area (Å²) >= 11 is 0. The van der Waals surface area contributed by atoms with Crippen LogP contribution in [0.5, 0.6) is 5.75 Å². The molecule has 0 saturated carbocycles. The Morgan fingerprint density at radius 1 is 1.28 bits per heavy atom. The molecule has 1 atom stereocenters. The zero-order valence-corrected chi connectivity index (χ0v) is 13.8. The molecule has 0 radical (unpaired) electrons. The monoisotopic (exact) mass is 342 g/mol. The van der Waals surface area contributed by atoms with E-state index >= 15 is 0 Å². The molecule has 1 heterocycles. The Morgan fingerprint density at radius 2 is 2.08 bits per heavy atom. The van der Waals surface area contributed by atoms with Crippen molar-refractivity contribution in [1.29, 1.82) is 0 Å². The molecule has 5 nitrogen and oxygen atoms in total. The third kappa shape index (κ3) is 4.15. The second-order valence-corrected chi connectivity index (χ2v) is 5.95. The standard InChI is InChI=1S/C19H19FN2O3/c1-12-19(24)22-16-10-13(6-7-17(16)25-12)8-9-21-18(23)11-14-4-2-3-5-15(14)20/h2-7,10,12H,8-9,11H2,1H3,(H,21,23)(H,22,24). The number of nitrogens with one attached hydrogen (secondary N) is 2. The molecule has 1 aliphatic heterocycles. The Kier molecular flexibility index (Phi) is 4.97. The predicted octanol–water partition coefficient (Wildman–Crippen LogP) is 2.45. The van der Waals surface area contributed by atoms with E-state index in [-0.39, 0.29) is 24.1 Å². The molecule has 3 rings (SSSR count). The van der Waals surface area contributed by atoms with Crippen molar-refractivity contribution in [3.8, 4) is 5.75 Å². The summed E-state index contributed by atoms with van der Waals surface area (Å²) in [6.45, 7) is 2.12. The highest BCUT2D eigenvalue weighted by Gasteiger charge is 2.23. The number of hydrogen-bond donors (Lipinski definition) is 2. The minimum absolute atomic E-state index is 0.0125. The molecule has 6 heteroatoms. The molecular weight excluding hydrogens is 323 g/mol. The molecule has 0 aromatic heterocycles. The first kappa shape index (κ1) is 17.0. The molecular formula is C19H19FN2O3. The Morgan fingerprint density at radius 3 is 2.88 bits per heavy atom. The van der Waals surface area contributed by atoms with Crippen LogP contribution in [0.25, 0.3) is 0 Å². The Bertz CT molecular complexity index is 807. The zero-order valence-electron chi connectivity index (χ0n) is 13.8. The summed E-state index contributed by atoms with van der Waals surface area (Å²) in [4.78, 5) is 23.6. The maximum absolute atomic E-state index is 13.5. The average molecular weight is 342 g/mol. The van der Waals surface area contributed by atoms with Crippen LogP contribution < -0.4 is 15.4 Å². The van der Waals surface area contributed by atoms with E-state index in [0.29, 0.717) is 30.0 Å². The van der Waals surface area contributed by atoms with Crippen molar-refractivity contribution in [2.75, 3.05) is 11.9 Å². The van der Waals surface area contributed by atoms with Gasteiger partial charge in [-0.2, -0.15) is 0 Å². The number of benzene rings is 2. The van der Waals surface area contributed by atoms with E-state index in [9.17, 15) is 14.0 Å². The Balaban J connectivity index is 1.52. The molecule has 1 unspecified atom stereocenters. The predicted molar refractivity (Wildman–Crippen MR) is 92.0 cm³/mol. The number of carbonyl (C=O) groups is 2. The van der Waals surface area contributed by atoms with Crippen LogP contribution in [0.15, 0.2) is 42.5 Å². The van der Waals surface area contributed by atoms with Crippen LogP contribution >= 0.6 is 0 Å². The molecule has 0 saturated heterocycles. The normalized spacial score (nSPS) is 15.8. The second-order valence-electron chi connectivity index (χ2n) is 5.95. The molecule has 0 aliphatic carbocycles. The average Bonchev–Trinajstić information content (AvgIpc) is 2.58. The number of carbonyl (C=O) groups excluding carboxylic acids is 2. The van der Waals surface area contributed by atoms with Crippen LogP contribution in [0.2, 0.25) is 0 Å². The lowest BCUT2D eigenvalue weighted by molar-refractivity contribution is -0.122. The van der Waals surface area contributed by atoms with Crippen molar-refractivity contribution in [2.45, 2.75) is 25.9 Å². The van der Waals surface area contributed by atoms with Crippen LogP contribution in [0.3, 0.4) is 0 Å². The maximum atomic E-state index is 13.5. The van der Waals surface area contributed by atoms with Crippen molar-refractivity contribution in [1.82, 2.24) is 5.32 Å². The molecule has 2 N–H and O–H groups in total. The molecule has 0 spiro atoms. The van der Waals surface area contributed by atoms with Crippen LogP contribution in [0, 0.1) is 5.82 Å². The minimum atomic E-state index is -0.504. The lowest BCUT2D eigenvalue weighted by atomic mass is 10.1. The third-order valence-corrected chi connectivity index (χ3v) is 4.02. The largest absolute Gasteiger partial charge is 0.479 e. The number of rotatable bonds is 5. The van der Waals surface area contributed by atoms with Crippen LogP contribution in [-0.4, -0.2) is 24.5 Å². The van der Waals surface area contributed by atoms with Gasteiger partial charge < -0.3 is 15.4 Å². The highest BCUT2D eigenvalue weighted by Crippen LogP contribution is 2.30. The molecule has 0 fully saturated rings. The number of amides is 2. The lowest BCUT2D eigenvalue weighted by Gasteiger charge is -2.23. The van der Waals surface area contributed by atoms with Gasteiger partial charge in [-0.15, -0.1) is 0 Å². The molecule has 25 heavy (non-hydrogen) atoms. The van der Waals surface area contributed by atoms with Gasteiger partial charge in [-0.3, -0.25) is 9.59 Å². The van der Waals surface area contributed by atoms with Gasteiger partial charge in [0, 0.05) is 6.54 Å². The highest BCUT2D eigenvalue weighted by molar-refractivity contribution is 5.97. The minimum Gasteiger partial charge on any atom is -0.479 e. The van der Waals surface area contributed by atoms with Crippen molar-refractivity contribution < 1.29 is 18.7 Å². The Hall–Kier alpha value is -2.89. The van der Waals surface area contributed by atoms with E-state index in [4.69, 9.17) is 4.74 Å². The van der Waals surface area contributed by atoms with Gasteiger partial charge in [0.15, 0.2) is 6.10 Å². The SMILES string of the molecule is CC1Oc2ccc(CCNC(=O)Cc3ccccc3F)cc2NC1=O. The second kappa shape index (κ2) is 7.34. The van der Waals surface area contributed by atoms with Crippen LogP contribution in [0.4, 0.5) is 10.1 Å². The molecule has 2 amide bonds. The van der Waals surface area contributed by atoms with Crippen molar-refractivity contribution in [2.24, 2.45) is 0 Å². The van der Waals surface area contributed by atoms with Gasteiger partial charge in [0.2, 0.25) is 5.91 Å². The number of fused-ring (bicyclic) bond motifs is 1. The summed E-state index contributed by atoms with van der Waals surface area (Å²) in [6, 6.07) is 11.8. The van der Waals surface area contributed by atoms with Gasteiger partial charge in [-0.05, 0) is 42.7 Å². The quantitative estimate of drug-likeness (QED) is 0.877. The fourth-order valence-electron chi connectivity index (χ4n) is 2.63. The van der Waals surface area contributed by atoms with E-state index in [2.05, 4.69) is 10.6 Å². The fourth-order valence-corrected chi connectivity index (χ4v) is 2.63. The van der Waals surface area contributed by atoms with Gasteiger partial charge >= 0.3 is 0 Å². The summed E-state index contributed by atoms with van der Waals surface area (Å²) in [6.07, 6.45) is 0.108. The van der Waals surface area contributed by atoms with Crippen molar-refractivity contribution >= 4 is 17.5 Å². The third-order valence-electron chi connectivity index (χ3n) is 4.02. The lowest BCUT2D eigenvalue weighted by Crippen LogP contribution is -2.34. The smallest absolute Gasteiger partial charge is 0.265 e. The maximum Gasteiger partial charge on any atom is 0.265 e. The summed E-state index contributed by atoms with van der Waals surface area (Å²) < 4.78 is 19.0. The summed E-state index contributed by atoms with van der Waals surface area (Å²) in [7, 11) is 0. The van der Waals surface area contributed by atoms with E-state index in [1.807, 2.05) is 18.2 Å². The number of halogens is 1. The number of ether oxygens (including phenoxy) is 1. The highest BCUT2D eigenvalue weighted by atomic mass is 19.1. The van der Waals surface area contributed by atoms with Gasteiger partial charge in [-0.1, -0.05) is 24.3 Å². The summed E-state index contributed by atoms with van der Waals surface area (Å²) in [5.74, 6) is -0.145. The Labute approximate surface area is 145 Å². The van der Waals surface area contributed by atoms with Crippen molar-refractivity contribution in [3.63, 3.8) is 0 Å². The van der Waals surface area contributed by atoms with E-state index in [1.165, 1.54) is 6.07 Å². The van der Waals surface area contributed by atoms with Gasteiger partial charge in [-0.25, -0.2) is 4.39 Å².